The van der Waals surface area contributed by atoms with Gasteiger partial charge < -0.3 is 14.2 Å². The maximum atomic E-state index is 13.0. The number of unbranched alkanes of at least 4 members (excludes halogenated alkanes) is 39. The molecule has 81 heavy (non-hydrogen) atoms. The Morgan fingerprint density at radius 1 is 0.259 bits per heavy atom. The van der Waals surface area contributed by atoms with Gasteiger partial charge in [0.05, 0.1) is 0 Å². The molecule has 0 saturated heterocycles. The van der Waals surface area contributed by atoms with Crippen LogP contribution in [0.5, 0.6) is 0 Å². The lowest BCUT2D eigenvalue weighted by atomic mass is 10.0. The molecule has 0 fully saturated rings. The molecule has 0 heterocycles. The molecule has 0 radical (unpaired) electrons. The molecule has 0 aliphatic carbocycles. The lowest BCUT2D eigenvalue weighted by molar-refractivity contribution is -0.167. The van der Waals surface area contributed by atoms with Crippen LogP contribution in [0, 0.1) is 0 Å². The van der Waals surface area contributed by atoms with Crippen LogP contribution in [0.4, 0.5) is 0 Å². The van der Waals surface area contributed by atoms with Gasteiger partial charge >= 0.3 is 17.9 Å². The molecule has 0 saturated carbocycles. The highest BCUT2D eigenvalue weighted by Gasteiger charge is 2.19. The summed E-state index contributed by atoms with van der Waals surface area (Å²) in [5, 5.41) is 0. The van der Waals surface area contributed by atoms with Gasteiger partial charge in [-0.05, 0) is 96.3 Å². The van der Waals surface area contributed by atoms with Crippen molar-refractivity contribution < 1.29 is 28.6 Å². The fraction of sp³-hybridized carbons (Fsp3) is 0.773. The maximum Gasteiger partial charge on any atom is 0.306 e. The van der Waals surface area contributed by atoms with E-state index >= 15 is 0 Å². The van der Waals surface area contributed by atoms with Crippen LogP contribution < -0.4 is 0 Å². The van der Waals surface area contributed by atoms with Gasteiger partial charge in [0, 0.05) is 19.3 Å². The van der Waals surface area contributed by atoms with E-state index in [1.165, 1.54) is 212 Å². The highest BCUT2D eigenvalue weighted by molar-refractivity contribution is 5.71. The Morgan fingerprint density at radius 3 is 0.765 bits per heavy atom. The van der Waals surface area contributed by atoms with Crippen molar-refractivity contribution in [3.8, 4) is 0 Å². The quantitative estimate of drug-likeness (QED) is 0.0261. The Morgan fingerprint density at radius 2 is 0.481 bits per heavy atom. The average molecular weight is 1130 g/mol. The summed E-state index contributed by atoms with van der Waals surface area (Å²) in [5.74, 6) is -0.900. The molecule has 0 bridgehead atoms. The number of carbonyl (C=O) groups is 3. The van der Waals surface area contributed by atoms with E-state index < -0.39 is 6.10 Å². The summed E-state index contributed by atoms with van der Waals surface area (Å²) in [7, 11) is 0. The first-order valence-corrected chi connectivity index (χ1v) is 35.1. The molecule has 0 aliphatic heterocycles. The van der Waals surface area contributed by atoms with Crippen molar-refractivity contribution in [1.29, 1.82) is 0 Å². The second-order valence-corrected chi connectivity index (χ2v) is 23.4. The molecule has 0 aromatic heterocycles. The molecular formula is C75H132O6. The van der Waals surface area contributed by atoms with E-state index in [1.54, 1.807) is 0 Å². The summed E-state index contributed by atoms with van der Waals surface area (Å²) in [4.78, 5) is 38.5. The van der Waals surface area contributed by atoms with Gasteiger partial charge in [0.25, 0.3) is 0 Å². The van der Waals surface area contributed by atoms with E-state index in [1.807, 2.05) is 0 Å². The van der Waals surface area contributed by atoms with Crippen molar-refractivity contribution in [1.82, 2.24) is 0 Å². The fourth-order valence-corrected chi connectivity index (χ4v) is 10.2. The zero-order chi connectivity index (χ0) is 58.5. The van der Waals surface area contributed by atoms with Gasteiger partial charge in [-0.2, -0.15) is 0 Å². The van der Waals surface area contributed by atoms with Gasteiger partial charge in [0.15, 0.2) is 6.10 Å². The molecule has 1 atom stereocenters. The molecule has 6 nitrogen and oxygen atoms in total. The van der Waals surface area contributed by atoms with Crippen LogP contribution in [0.2, 0.25) is 0 Å². The summed E-state index contributed by atoms with van der Waals surface area (Å²) in [5.41, 5.74) is 0. The SMILES string of the molecule is CC/C=C\C/C=C\C/C=C\C/C=C\C/C=C\CCCCCC(=O)OCC(COC(=O)CCCCCCCCCCCCC/C=C\C/C=C\CCCCCCC)OC(=O)CCCCCCCCCCCCCCCCCCCCCCC. The molecule has 6 heteroatoms. The van der Waals surface area contributed by atoms with Crippen molar-refractivity contribution >= 4 is 17.9 Å². The molecule has 0 spiro atoms. The van der Waals surface area contributed by atoms with Crippen molar-refractivity contribution in [2.24, 2.45) is 0 Å². The maximum absolute atomic E-state index is 13.0. The lowest BCUT2D eigenvalue weighted by Crippen LogP contribution is -2.30. The highest BCUT2D eigenvalue weighted by atomic mass is 16.6. The zero-order valence-electron chi connectivity index (χ0n) is 53.8. The molecule has 0 N–H and O–H groups in total. The Bertz CT molecular complexity index is 1530. The van der Waals surface area contributed by atoms with Crippen LogP contribution >= 0.6 is 0 Å². The minimum absolute atomic E-state index is 0.0853. The van der Waals surface area contributed by atoms with Crippen molar-refractivity contribution in [2.75, 3.05) is 13.2 Å². The Hall–Kier alpha value is -3.41. The van der Waals surface area contributed by atoms with E-state index in [9.17, 15) is 14.4 Å². The minimum Gasteiger partial charge on any atom is -0.462 e. The third-order valence-corrected chi connectivity index (χ3v) is 15.4. The van der Waals surface area contributed by atoms with E-state index in [2.05, 4.69) is 106 Å². The van der Waals surface area contributed by atoms with Crippen LogP contribution in [0.1, 0.15) is 355 Å². The van der Waals surface area contributed by atoms with Gasteiger partial charge in [0.1, 0.15) is 13.2 Å². The third-order valence-electron chi connectivity index (χ3n) is 15.4. The normalized spacial score (nSPS) is 12.6. The molecule has 0 amide bonds. The summed E-state index contributed by atoms with van der Waals surface area (Å²) in [6, 6.07) is 0. The predicted molar refractivity (Wildman–Crippen MR) is 353 cm³/mol. The third kappa shape index (κ3) is 67.3. The molecule has 0 aromatic rings. The minimum atomic E-state index is -0.792. The number of hydrogen-bond donors (Lipinski definition) is 0. The van der Waals surface area contributed by atoms with Crippen LogP contribution in [-0.2, 0) is 28.6 Å². The molecule has 0 rings (SSSR count). The number of esters is 3. The van der Waals surface area contributed by atoms with Crippen LogP contribution in [0.15, 0.2) is 85.1 Å². The summed E-state index contributed by atoms with van der Waals surface area (Å²) < 4.78 is 17.0. The largest absolute Gasteiger partial charge is 0.462 e. The lowest BCUT2D eigenvalue weighted by Gasteiger charge is -2.18. The van der Waals surface area contributed by atoms with Crippen molar-refractivity contribution in [3.63, 3.8) is 0 Å². The van der Waals surface area contributed by atoms with Crippen LogP contribution in [-0.4, -0.2) is 37.2 Å². The predicted octanol–water partition coefficient (Wildman–Crippen LogP) is 24.2. The Labute approximate surface area is 503 Å². The van der Waals surface area contributed by atoms with Crippen LogP contribution in [0.3, 0.4) is 0 Å². The molecular weight excluding hydrogens is 997 g/mol. The molecule has 0 aliphatic rings. The number of carbonyl (C=O) groups excluding carboxylic acids is 3. The zero-order valence-corrected chi connectivity index (χ0v) is 53.8. The van der Waals surface area contributed by atoms with Gasteiger partial charge in [0.2, 0.25) is 0 Å². The first-order valence-electron chi connectivity index (χ1n) is 35.1. The van der Waals surface area contributed by atoms with Gasteiger partial charge in [-0.3, -0.25) is 14.4 Å². The summed E-state index contributed by atoms with van der Waals surface area (Å²) in [6.07, 6.45) is 91.7. The highest BCUT2D eigenvalue weighted by Crippen LogP contribution is 2.18. The smallest absolute Gasteiger partial charge is 0.306 e. The molecule has 468 valence electrons. The van der Waals surface area contributed by atoms with Gasteiger partial charge in [-0.1, -0.05) is 324 Å². The van der Waals surface area contributed by atoms with E-state index in [-0.39, 0.29) is 31.1 Å². The van der Waals surface area contributed by atoms with Gasteiger partial charge in [-0.15, -0.1) is 0 Å². The van der Waals surface area contributed by atoms with Crippen LogP contribution in [0.25, 0.3) is 0 Å². The van der Waals surface area contributed by atoms with Gasteiger partial charge in [-0.25, -0.2) is 0 Å². The standard InChI is InChI=1S/C75H132O6/c1-4-7-10-13-16-19-22-25-28-31-34-36-37-39-41-44-47-50-53-56-59-62-65-68-74(77)80-71-72(70-79-73(76)67-64-61-58-55-52-49-46-43-40-33-30-27-24-21-18-15-12-9-6-3)81-75(78)69-66-63-60-57-54-51-48-45-42-38-35-32-29-26-23-20-17-14-11-8-5-2/h9,12,18,21-22,25,27,30-31,34,40,43,49,52,72H,4-8,10-11,13-17,19-20,23-24,26,28-29,32-33,35-39,41-42,44-48,50-51,53-71H2,1-3H3/b12-9-,21-18-,25-22-,30-27-,34-31-,43-40-,52-49-. The Balaban J connectivity index is 4.39. The molecule has 1 unspecified atom stereocenters. The second kappa shape index (κ2) is 69.1. The Kier molecular flexibility index (Phi) is 66.2. The first-order chi connectivity index (χ1) is 40.0. The number of hydrogen-bond acceptors (Lipinski definition) is 6. The number of ether oxygens (including phenoxy) is 3. The van der Waals surface area contributed by atoms with E-state index in [0.717, 1.165) is 103 Å². The van der Waals surface area contributed by atoms with Crippen molar-refractivity contribution in [3.05, 3.63) is 85.1 Å². The second-order valence-electron chi connectivity index (χ2n) is 23.4. The monoisotopic (exact) mass is 1130 g/mol. The number of allylic oxidation sites excluding steroid dienone is 14. The summed E-state index contributed by atoms with van der Waals surface area (Å²) in [6.45, 7) is 6.54. The average Bonchev–Trinajstić information content (AvgIpc) is 3.47. The first kappa shape index (κ1) is 77.6. The van der Waals surface area contributed by atoms with E-state index in [4.69, 9.17) is 14.2 Å². The van der Waals surface area contributed by atoms with E-state index in [0.29, 0.717) is 19.3 Å². The number of rotatable bonds is 64. The molecule has 0 aromatic carbocycles. The summed E-state index contributed by atoms with van der Waals surface area (Å²) >= 11 is 0. The topological polar surface area (TPSA) is 78.9 Å². The van der Waals surface area contributed by atoms with Crippen molar-refractivity contribution in [2.45, 2.75) is 361 Å². The fourth-order valence-electron chi connectivity index (χ4n) is 10.2.